The molecule has 3 rings (SSSR count). The smallest absolute Gasteiger partial charge is 0.309 e. The van der Waals surface area contributed by atoms with Crippen LogP contribution < -0.4 is 4.74 Å². The molecule has 2 atom stereocenters. The van der Waals surface area contributed by atoms with Crippen LogP contribution in [0, 0.1) is 11.8 Å². The summed E-state index contributed by atoms with van der Waals surface area (Å²) in [5, 5.41) is 9.30. The van der Waals surface area contributed by atoms with Crippen molar-refractivity contribution in [1.29, 1.82) is 0 Å². The van der Waals surface area contributed by atoms with Gasteiger partial charge in [-0.25, -0.2) is 0 Å². The lowest BCUT2D eigenvalue weighted by atomic mass is 9.84. The lowest BCUT2D eigenvalue weighted by molar-refractivity contribution is -0.146. The van der Waals surface area contributed by atoms with Crippen LogP contribution >= 0.6 is 0 Å². The van der Waals surface area contributed by atoms with E-state index in [1.807, 2.05) is 0 Å². The Labute approximate surface area is 158 Å². The van der Waals surface area contributed by atoms with Crippen LogP contribution in [-0.2, 0) is 14.3 Å². The van der Waals surface area contributed by atoms with E-state index in [0.29, 0.717) is 37.4 Å². The zero-order valence-electron chi connectivity index (χ0n) is 15.4. The minimum absolute atomic E-state index is 0.0531. The van der Waals surface area contributed by atoms with Gasteiger partial charge in [-0.3, -0.25) is 14.4 Å². The number of carbonyl (C=O) groups excluding carboxylic acids is 2. The summed E-state index contributed by atoms with van der Waals surface area (Å²) in [6.45, 7) is 3.05. The van der Waals surface area contributed by atoms with Gasteiger partial charge in [0.25, 0.3) is 5.91 Å². The van der Waals surface area contributed by atoms with Crippen molar-refractivity contribution in [1.82, 2.24) is 4.90 Å². The maximum Gasteiger partial charge on any atom is 0.309 e. The second kappa shape index (κ2) is 8.52. The zero-order valence-corrected chi connectivity index (χ0v) is 15.4. The fourth-order valence-corrected chi connectivity index (χ4v) is 3.86. The molecular formula is C20H25NO6. The van der Waals surface area contributed by atoms with Crippen molar-refractivity contribution in [2.45, 2.75) is 32.3 Å². The van der Waals surface area contributed by atoms with Crippen LogP contribution in [-0.4, -0.2) is 60.1 Å². The minimum Gasteiger partial charge on any atom is -0.484 e. The maximum absolute atomic E-state index is 12.4. The molecular weight excluding hydrogens is 350 g/mol. The number of carboxylic acid groups (broad SMARTS) is 1. The number of hydrogen-bond donors (Lipinski definition) is 1. The van der Waals surface area contributed by atoms with Crippen LogP contribution in [0.1, 0.15) is 36.5 Å². The molecule has 27 heavy (non-hydrogen) atoms. The van der Waals surface area contributed by atoms with Gasteiger partial charge < -0.3 is 19.5 Å². The maximum atomic E-state index is 12.4. The van der Waals surface area contributed by atoms with E-state index in [4.69, 9.17) is 9.47 Å². The SMILES string of the molecule is CC(=O)c1cccc(OCC(=O)N2CCC([C@@H]3OCCC3C(=O)O)CC2)c1. The monoisotopic (exact) mass is 375 g/mol. The fraction of sp³-hybridized carbons (Fsp3) is 0.550. The van der Waals surface area contributed by atoms with Gasteiger partial charge in [0, 0.05) is 25.3 Å². The van der Waals surface area contributed by atoms with E-state index < -0.39 is 11.9 Å². The third-order valence-corrected chi connectivity index (χ3v) is 5.41. The molecule has 1 unspecified atom stereocenters. The Morgan fingerprint density at radius 2 is 1.96 bits per heavy atom. The predicted molar refractivity (Wildman–Crippen MR) is 96.7 cm³/mol. The van der Waals surface area contributed by atoms with E-state index in [2.05, 4.69) is 0 Å². The second-order valence-electron chi connectivity index (χ2n) is 7.16. The van der Waals surface area contributed by atoms with Gasteiger partial charge in [0.1, 0.15) is 5.75 Å². The Balaban J connectivity index is 1.48. The lowest BCUT2D eigenvalue weighted by Gasteiger charge is -2.35. The summed E-state index contributed by atoms with van der Waals surface area (Å²) in [6.07, 6.45) is 1.79. The minimum atomic E-state index is -0.794. The molecule has 146 valence electrons. The number of rotatable bonds is 6. The number of carbonyl (C=O) groups is 3. The molecule has 1 aromatic rings. The van der Waals surface area contributed by atoms with Gasteiger partial charge in [0.15, 0.2) is 12.4 Å². The molecule has 2 saturated heterocycles. The second-order valence-corrected chi connectivity index (χ2v) is 7.16. The van der Waals surface area contributed by atoms with E-state index in [0.717, 1.165) is 12.8 Å². The average molecular weight is 375 g/mol. The van der Waals surface area contributed by atoms with Gasteiger partial charge in [-0.1, -0.05) is 12.1 Å². The first-order chi connectivity index (χ1) is 13.0. The van der Waals surface area contributed by atoms with E-state index in [1.165, 1.54) is 6.92 Å². The number of nitrogens with zero attached hydrogens (tertiary/aromatic N) is 1. The standard InChI is InChI=1S/C20H25NO6/c1-13(22)15-3-2-4-16(11-15)27-12-18(23)21-8-5-14(6-9-21)19-17(20(24)25)7-10-26-19/h2-4,11,14,17,19H,5-10,12H2,1H3,(H,24,25)/t17?,19-/m0/s1. The van der Waals surface area contributed by atoms with Crippen molar-refractivity contribution < 1.29 is 29.0 Å². The predicted octanol–water partition coefficient (Wildman–Crippen LogP) is 2.00. The molecule has 0 radical (unpaired) electrons. The summed E-state index contributed by atoms with van der Waals surface area (Å²) in [5.41, 5.74) is 0.547. The highest BCUT2D eigenvalue weighted by Crippen LogP contribution is 2.33. The van der Waals surface area contributed by atoms with E-state index in [9.17, 15) is 19.5 Å². The van der Waals surface area contributed by atoms with Gasteiger partial charge in [0.05, 0.1) is 12.0 Å². The van der Waals surface area contributed by atoms with Gasteiger partial charge in [-0.2, -0.15) is 0 Å². The number of benzene rings is 1. The number of piperidine rings is 1. The normalized spacial score (nSPS) is 23.2. The zero-order chi connectivity index (χ0) is 19.4. The number of aliphatic carboxylic acids is 1. The van der Waals surface area contributed by atoms with Crippen molar-refractivity contribution in [3.8, 4) is 5.75 Å². The summed E-state index contributed by atoms with van der Waals surface area (Å²) in [7, 11) is 0. The number of Topliss-reactive ketones (excluding diaryl/α,β-unsaturated/α-hetero) is 1. The van der Waals surface area contributed by atoms with Crippen LogP contribution in [0.25, 0.3) is 0 Å². The number of carboxylic acids is 1. The molecule has 0 aliphatic carbocycles. The molecule has 0 aromatic heterocycles. The Morgan fingerprint density at radius 3 is 2.63 bits per heavy atom. The summed E-state index contributed by atoms with van der Waals surface area (Å²) in [4.78, 5) is 36.9. The molecule has 2 aliphatic rings. The topological polar surface area (TPSA) is 93.1 Å². The summed E-state index contributed by atoms with van der Waals surface area (Å²) >= 11 is 0. The van der Waals surface area contributed by atoms with Crippen molar-refractivity contribution in [3.05, 3.63) is 29.8 Å². The summed E-state index contributed by atoms with van der Waals surface area (Å²) < 4.78 is 11.2. The Bertz CT molecular complexity index is 710. The van der Waals surface area contributed by atoms with Crippen molar-refractivity contribution >= 4 is 17.7 Å². The molecule has 2 fully saturated rings. The highest BCUT2D eigenvalue weighted by atomic mass is 16.5. The summed E-state index contributed by atoms with van der Waals surface area (Å²) in [6, 6.07) is 6.78. The van der Waals surface area contributed by atoms with E-state index in [1.54, 1.807) is 29.2 Å². The third-order valence-electron chi connectivity index (χ3n) is 5.41. The van der Waals surface area contributed by atoms with Crippen molar-refractivity contribution in [3.63, 3.8) is 0 Å². The Morgan fingerprint density at radius 1 is 1.22 bits per heavy atom. The molecule has 7 heteroatoms. The largest absolute Gasteiger partial charge is 0.484 e. The molecule has 1 N–H and O–H groups in total. The van der Waals surface area contributed by atoms with Crippen LogP contribution in [0.5, 0.6) is 5.75 Å². The Kier molecular flexibility index (Phi) is 6.11. The molecule has 7 nitrogen and oxygen atoms in total. The van der Waals surface area contributed by atoms with Gasteiger partial charge in [-0.05, 0) is 44.2 Å². The van der Waals surface area contributed by atoms with Crippen LogP contribution in [0.15, 0.2) is 24.3 Å². The molecule has 2 heterocycles. The lowest BCUT2D eigenvalue weighted by Crippen LogP contribution is -2.44. The van der Waals surface area contributed by atoms with Crippen molar-refractivity contribution in [2.24, 2.45) is 11.8 Å². The molecule has 1 amide bonds. The van der Waals surface area contributed by atoms with E-state index in [-0.39, 0.29) is 30.3 Å². The van der Waals surface area contributed by atoms with Gasteiger partial charge in [-0.15, -0.1) is 0 Å². The van der Waals surface area contributed by atoms with Crippen molar-refractivity contribution in [2.75, 3.05) is 26.3 Å². The van der Waals surface area contributed by atoms with Gasteiger partial charge >= 0.3 is 5.97 Å². The van der Waals surface area contributed by atoms with Crippen LogP contribution in [0.2, 0.25) is 0 Å². The Hall–Kier alpha value is -2.41. The van der Waals surface area contributed by atoms with E-state index >= 15 is 0 Å². The number of hydrogen-bond acceptors (Lipinski definition) is 5. The van der Waals surface area contributed by atoms with Gasteiger partial charge in [0.2, 0.25) is 0 Å². The fourth-order valence-electron chi connectivity index (χ4n) is 3.86. The molecule has 2 aliphatic heterocycles. The first-order valence-corrected chi connectivity index (χ1v) is 9.31. The average Bonchev–Trinajstić information content (AvgIpc) is 3.16. The summed E-state index contributed by atoms with van der Waals surface area (Å²) in [5.74, 6) is -0.724. The number of ether oxygens (including phenoxy) is 2. The molecule has 1 aromatic carbocycles. The number of ketones is 1. The van der Waals surface area contributed by atoms with Crippen LogP contribution in [0.3, 0.4) is 0 Å². The highest BCUT2D eigenvalue weighted by Gasteiger charge is 2.40. The third kappa shape index (κ3) is 4.66. The first-order valence-electron chi connectivity index (χ1n) is 9.31. The molecule has 0 saturated carbocycles. The quantitative estimate of drug-likeness (QED) is 0.765. The number of amides is 1. The molecule has 0 spiro atoms. The molecule has 0 bridgehead atoms. The number of likely N-dealkylation sites (tertiary alicyclic amines) is 1. The highest BCUT2D eigenvalue weighted by molar-refractivity contribution is 5.94. The van der Waals surface area contributed by atoms with Crippen LogP contribution in [0.4, 0.5) is 0 Å². The first kappa shape index (κ1) is 19.4.